The van der Waals surface area contributed by atoms with Gasteiger partial charge in [-0.3, -0.25) is 4.79 Å². The number of carbonyl (C=O) groups is 1. The number of aliphatic carboxylic acids is 1. The van der Waals surface area contributed by atoms with Crippen LogP contribution in [0.25, 0.3) is 0 Å². The highest BCUT2D eigenvalue weighted by Crippen LogP contribution is 2.19. The minimum Gasteiger partial charge on any atom is -0.480 e. The van der Waals surface area contributed by atoms with E-state index >= 15 is 0 Å². The maximum absolute atomic E-state index is 13.3. The van der Waals surface area contributed by atoms with Gasteiger partial charge in [0.05, 0.1) is 6.61 Å². The summed E-state index contributed by atoms with van der Waals surface area (Å²) < 4.78 is 63.4. The topological polar surface area (TPSA) is 104 Å². The van der Waals surface area contributed by atoms with Crippen molar-refractivity contribution in [2.75, 3.05) is 6.61 Å². The van der Waals surface area contributed by atoms with Crippen molar-refractivity contribution in [3.63, 3.8) is 0 Å². The van der Waals surface area contributed by atoms with Gasteiger partial charge in [-0.25, -0.2) is 21.6 Å². The van der Waals surface area contributed by atoms with Gasteiger partial charge in [0.2, 0.25) is 10.0 Å². The summed E-state index contributed by atoms with van der Waals surface area (Å²) in [5.41, 5.74) is 0. The highest BCUT2D eigenvalue weighted by atomic mass is 32.2. The number of nitrogens with one attached hydrogen (secondary N) is 1. The van der Waals surface area contributed by atoms with Gasteiger partial charge in [-0.05, 0) is 12.1 Å². The van der Waals surface area contributed by atoms with Gasteiger partial charge < -0.3 is 10.2 Å². The minimum atomic E-state index is -4.76. The van der Waals surface area contributed by atoms with Crippen molar-refractivity contribution in [2.24, 2.45) is 0 Å². The number of carboxylic acid groups (broad SMARTS) is 1. The lowest BCUT2D eigenvalue weighted by Gasteiger charge is -2.12. The normalized spacial score (nSPS) is 13.3. The van der Waals surface area contributed by atoms with Crippen molar-refractivity contribution >= 4 is 16.0 Å². The molecule has 10 heteroatoms. The Kier molecular flexibility index (Phi) is 4.50. The Balaban J connectivity index is 3.22. The van der Waals surface area contributed by atoms with E-state index in [1.807, 2.05) is 0 Å². The SMILES string of the molecule is O=C(O)[C@@H](CO)NS(=O)(=O)c1ccc(F)c(F)c1F. The molecule has 106 valence electrons. The summed E-state index contributed by atoms with van der Waals surface area (Å²) in [6, 6.07) is -1.12. The van der Waals surface area contributed by atoms with Crippen LogP contribution in [0.15, 0.2) is 17.0 Å². The van der Waals surface area contributed by atoms with Crippen molar-refractivity contribution in [3.8, 4) is 0 Å². The van der Waals surface area contributed by atoms with Crippen molar-refractivity contribution in [2.45, 2.75) is 10.9 Å². The molecule has 0 bridgehead atoms. The van der Waals surface area contributed by atoms with Crippen LogP contribution in [0.2, 0.25) is 0 Å². The molecule has 1 rings (SSSR count). The van der Waals surface area contributed by atoms with Crippen LogP contribution in [0.4, 0.5) is 13.2 Å². The Morgan fingerprint density at radius 3 is 2.32 bits per heavy atom. The Hall–Kier alpha value is -1.65. The first-order valence-electron chi connectivity index (χ1n) is 4.70. The van der Waals surface area contributed by atoms with Gasteiger partial charge in [-0.1, -0.05) is 0 Å². The molecule has 0 aliphatic rings. The zero-order valence-electron chi connectivity index (χ0n) is 9.10. The molecule has 0 aromatic heterocycles. The molecule has 0 amide bonds. The highest BCUT2D eigenvalue weighted by Gasteiger charge is 2.29. The fourth-order valence-electron chi connectivity index (χ4n) is 1.13. The molecule has 0 saturated heterocycles. The molecule has 0 aliphatic carbocycles. The molecule has 19 heavy (non-hydrogen) atoms. The number of carboxylic acids is 1. The lowest BCUT2D eigenvalue weighted by Crippen LogP contribution is -2.43. The number of hydrogen-bond donors (Lipinski definition) is 3. The summed E-state index contributed by atoms with van der Waals surface area (Å²) in [5, 5.41) is 17.2. The second kappa shape index (κ2) is 5.55. The number of hydrogen-bond acceptors (Lipinski definition) is 4. The van der Waals surface area contributed by atoms with Gasteiger partial charge in [-0.2, -0.15) is 4.72 Å². The Morgan fingerprint density at radius 2 is 1.84 bits per heavy atom. The molecule has 1 atom stereocenters. The number of aliphatic hydroxyl groups is 1. The third-order valence-corrected chi connectivity index (χ3v) is 3.56. The standard InChI is InChI=1S/C9H8F3NO5S/c10-4-1-2-6(8(12)7(4)11)19(17,18)13-5(3-14)9(15)16/h1-2,5,13-14H,3H2,(H,15,16)/t5-/m1/s1. The predicted octanol–water partition coefficient (Wildman–Crippen LogP) is -0.172. The molecular weight excluding hydrogens is 291 g/mol. The van der Waals surface area contributed by atoms with Crippen LogP contribution < -0.4 is 4.72 Å². The van der Waals surface area contributed by atoms with Crippen LogP contribution in [0, 0.1) is 17.5 Å². The third kappa shape index (κ3) is 3.22. The second-order valence-electron chi connectivity index (χ2n) is 3.37. The molecular formula is C9H8F3NO5S. The Labute approximate surface area is 105 Å². The average molecular weight is 299 g/mol. The van der Waals surface area contributed by atoms with Crippen LogP contribution in [0.1, 0.15) is 0 Å². The third-order valence-electron chi connectivity index (χ3n) is 2.07. The summed E-state index contributed by atoms with van der Waals surface area (Å²) in [7, 11) is -4.76. The summed E-state index contributed by atoms with van der Waals surface area (Å²) >= 11 is 0. The summed E-state index contributed by atoms with van der Waals surface area (Å²) in [6.45, 7) is -1.10. The van der Waals surface area contributed by atoms with Crippen LogP contribution in [-0.2, 0) is 14.8 Å². The fraction of sp³-hybridized carbons (Fsp3) is 0.222. The number of sulfonamides is 1. The zero-order chi connectivity index (χ0) is 14.8. The predicted molar refractivity (Wildman–Crippen MR) is 55.1 cm³/mol. The molecule has 0 spiro atoms. The largest absolute Gasteiger partial charge is 0.480 e. The fourth-order valence-corrected chi connectivity index (χ4v) is 2.38. The summed E-state index contributed by atoms with van der Waals surface area (Å²) in [6.07, 6.45) is 0. The van der Waals surface area contributed by atoms with Gasteiger partial charge in [0, 0.05) is 0 Å². The van der Waals surface area contributed by atoms with E-state index in [2.05, 4.69) is 0 Å². The van der Waals surface area contributed by atoms with E-state index in [-0.39, 0.29) is 0 Å². The van der Waals surface area contributed by atoms with E-state index in [9.17, 15) is 26.4 Å². The summed E-state index contributed by atoms with van der Waals surface area (Å²) in [5.74, 6) is -7.28. The number of aliphatic hydroxyl groups excluding tert-OH is 1. The maximum atomic E-state index is 13.3. The lowest BCUT2D eigenvalue weighted by atomic mass is 10.3. The van der Waals surface area contributed by atoms with Crippen molar-refractivity contribution in [3.05, 3.63) is 29.6 Å². The maximum Gasteiger partial charge on any atom is 0.324 e. The molecule has 0 saturated carbocycles. The quantitative estimate of drug-likeness (QED) is 0.655. The zero-order valence-corrected chi connectivity index (χ0v) is 9.92. The van der Waals surface area contributed by atoms with Crippen LogP contribution >= 0.6 is 0 Å². The van der Waals surface area contributed by atoms with Crippen LogP contribution in [-0.4, -0.2) is 37.2 Å². The van der Waals surface area contributed by atoms with E-state index < -0.39 is 51.0 Å². The summed E-state index contributed by atoms with van der Waals surface area (Å²) in [4.78, 5) is 9.27. The molecule has 3 N–H and O–H groups in total. The minimum absolute atomic E-state index is 0.377. The molecule has 0 aliphatic heterocycles. The van der Waals surface area contributed by atoms with E-state index in [0.717, 1.165) is 0 Å². The van der Waals surface area contributed by atoms with Gasteiger partial charge in [-0.15, -0.1) is 0 Å². The molecule has 0 unspecified atom stereocenters. The molecule has 0 radical (unpaired) electrons. The van der Waals surface area contributed by atoms with Crippen molar-refractivity contribution < 1.29 is 36.6 Å². The average Bonchev–Trinajstić information content (AvgIpc) is 2.32. The first-order valence-corrected chi connectivity index (χ1v) is 6.18. The smallest absolute Gasteiger partial charge is 0.324 e. The molecule has 0 fully saturated rings. The number of halogens is 3. The monoisotopic (exact) mass is 299 g/mol. The molecule has 6 nitrogen and oxygen atoms in total. The van der Waals surface area contributed by atoms with Crippen LogP contribution in [0.5, 0.6) is 0 Å². The molecule has 0 heterocycles. The number of rotatable bonds is 5. The van der Waals surface area contributed by atoms with Gasteiger partial charge in [0.15, 0.2) is 17.5 Å². The second-order valence-corrected chi connectivity index (χ2v) is 5.05. The van der Waals surface area contributed by atoms with Gasteiger partial charge >= 0.3 is 5.97 Å². The molecule has 1 aromatic carbocycles. The van der Waals surface area contributed by atoms with Crippen LogP contribution in [0.3, 0.4) is 0 Å². The lowest BCUT2D eigenvalue weighted by molar-refractivity contribution is -0.139. The highest BCUT2D eigenvalue weighted by molar-refractivity contribution is 7.89. The Bertz CT molecular complexity index is 604. The Morgan fingerprint density at radius 1 is 1.26 bits per heavy atom. The van der Waals surface area contributed by atoms with E-state index in [1.165, 1.54) is 4.72 Å². The van der Waals surface area contributed by atoms with E-state index in [0.29, 0.717) is 12.1 Å². The van der Waals surface area contributed by atoms with E-state index in [4.69, 9.17) is 10.2 Å². The number of benzene rings is 1. The first kappa shape index (κ1) is 15.4. The van der Waals surface area contributed by atoms with E-state index in [1.54, 1.807) is 0 Å². The van der Waals surface area contributed by atoms with Gasteiger partial charge in [0.25, 0.3) is 0 Å². The first-order chi connectivity index (χ1) is 8.70. The molecule has 1 aromatic rings. The van der Waals surface area contributed by atoms with Gasteiger partial charge in [0.1, 0.15) is 10.9 Å². The van der Waals surface area contributed by atoms with Crippen molar-refractivity contribution in [1.82, 2.24) is 4.72 Å². The van der Waals surface area contributed by atoms with Crippen molar-refractivity contribution in [1.29, 1.82) is 0 Å².